The van der Waals surface area contributed by atoms with Crippen molar-refractivity contribution >= 4 is 21.6 Å². The number of nitrogens with zero attached hydrogens (tertiary/aromatic N) is 6. The third-order valence-electron chi connectivity index (χ3n) is 14.3. The van der Waals surface area contributed by atoms with Gasteiger partial charge in [-0.3, -0.25) is 9.36 Å². The summed E-state index contributed by atoms with van der Waals surface area (Å²) in [5, 5.41) is 81.0. The molecule has 0 spiro atoms. The Hall–Kier alpha value is -1.42. The van der Waals surface area contributed by atoms with E-state index in [1.165, 1.54) is 201 Å². The van der Waals surface area contributed by atoms with Crippen LogP contribution in [0.3, 0.4) is 0 Å². The van der Waals surface area contributed by atoms with Crippen molar-refractivity contribution in [3.8, 4) is 0 Å². The zero-order valence-electron chi connectivity index (χ0n) is 44.6. The van der Waals surface area contributed by atoms with Gasteiger partial charge in [-0.1, -0.05) is 238 Å². The number of aliphatic hydroxyl groups excluding tert-OH is 6. The predicted molar refractivity (Wildman–Crippen MR) is 287 cm³/mol. The van der Waals surface area contributed by atoms with Gasteiger partial charge in [0.25, 0.3) is 0 Å². The molecule has 0 bridgehead atoms. The van der Waals surface area contributed by atoms with Crippen LogP contribution >= 0.6 is 21.6 Å². The van der Waals surface area contributed by atoms with Gasteiger partial charge in [0.05, 0.1) is 37.8 Å². The van der Waals surface area contributed by atoms with Crippen LogP contribution in [-0.2, 0) is 45.3 Å². The van der Waals surface area contributed by atoms with Crippen molar-refractivity contribution in [1.29, 1.82) is 0 Å². The van der Waals surface area contributed by atoms with Gasteiger partial charge in [-0.15, -0.1) is 10.2 Å². The van der Waals surface area contributed by atoms with Crippen molar-refractivity contribution < 1.29 is 49.6 Å². The first-order valence-electron chi connectivity index (χ1n) is 28.9. The van der Waals surface area contributed by atoms with Crippen molar-refractivity contribution in [1.82, 2.24) is 30.0 Å². The van der Waals surface area contributed by atoms with E-state index in [-0.39, 0.29) is 24.7 Å². The van der Waals surface area contributed by atoms with Gasteiger partial charge in [-0.25, -0.2) is 0 Å². The van der Waals surface area contributed by atoms with Gasteiger partial charge in [0.15, 0.2) is 12.6 Å². The van der Waals surface area contributed by atoms with Crippen LogP contribution in [0, 0.1) is 0 Å². The summed E-state index contributed by atoms with van der Waals surface area (Å²) >= 11 is 0. The van der Waals surface area contributed by atoms with Crippen LogP contribution in [0.4, 0.5) is 0 Å². The maximum Gasteiger partial charge on any atom is 0.187 e. The molecule has 16 nitrogen and oxygen atoms in total. The number of aryl methyl sites for hydroxylation is 2. The van der Waals surface area contributed by atoms with Crippen molar-refractivity contribution in [3.63, 3.8) is 0 Å². The number of aliphatic hydroxyl groups is 6. The molecule has 72 heavy (non-hydrogen) atoms. The maximum absolute atomic E-state index is 10.7. The summed E-state index contributed by atoms with van der Waals surface area (Å²) in [4.78, 5) is 0. The number of hydrogen-bond acceptors (Lipinski definition) is 16. The molecule has 418 valence electrons. The summed E-state index contributed by atoms with van der Waals surface area (Å²) in [6.07, 6.45) is 33.0. The minimum atomic E-state index is -1.50. The van der Waals surface area contributed by atoms with Crippen molar-refractivity contribution in [2.24, 2.45) is 0 Å². The van der Waals surface area contributed by atoms with E-state index in [1.54, 1.807) is 9.36 Å². The second kappa shape index (κ2) is 39.9. The molecular weight excluding hydrogens is 957 g/mol. The lowest BCUT2D eigenvalue weighted by atomic mass is 10.00. The number of hydrogen-bond donors (Lipinski definition) is 6. The molecule has 10 atom stereocenters. The minimum Gasteiger partial charge on any atom is -0.388 e. The molecular formula is C54H100N6O10S2. The first kappa shape index (κ1) is 63.1. The first-order chi connectivity index (χ1) is 35.2. The van der Waals surface area contributed by atoms with E-state index in [1.807, 2.05) is 12.4 Å². The Morgan fingerprint density at radius 2 is 0.681 bits per heavy atom. The molecule has 2 fully saturated rings. The van der Waals surface area contributed by atoms with Gasteiger partial charge < -0.3 is 49.6 Å². The van der Waals surface area contributed by atoms with E-state index < -0.39 is 61.4 Å². The highest BCUT2D eigenvalue weighted by Gasteiger charge is 2.46. The van der Waals surface area contributed by atoms with Gasteiger partial charge in [0.2, 0.25) is 0 Å². The Balaban J connectivity index is 1.03. The van der Waals surface area contributed by atoms with Crippen molar-refractivity contribution in [3.05, 3.63) is 23.8 Å². The van der Waals surface area contributed by atoms with E-state index in [2.05, 4.69) is 34.5 Å². The number of unbranched alkanes of at least 4 members (excludes halogenated alkanes) is 30. The molecule has 6 N–H and O–H groups in total. The van der Waals surface area contributed by atoms with Gasteiger partial charge in [0, 0.05) is 24.6 Å². The molecule has 0 aromatic carbocycles. The lowest BCUT2D eigenvalue weighted by Gasteiger charge is -2.40. The van der Waals surface area contributed by atoms with Crippen LogP contribution < -0.4 is 0 Å². The van der Waals surface area contributed by atoms with E-state index in [0.717, 1.165) is 38.8 Å². The van der Waals surface area contributed by atoms with Crippen LogP contribution in [0.5, 0.6) is 0 Å². The Morgan fingerprint density at radius 3 is 0.972 bits per heavy atom. The van der Waals surface area contributed by atoms with E-state index in [4.69, 9.17) is 18.9 Å². The van der Waals surface area contributed by atoms with Gasteiger partial charge in [-0.2, -0.15) is 0 Å². The van der Waals surface area contributed by atoms with Crippen molar-refractivity contribution in [2.75, 3.05) is 11.5 Å². The molecule has 0 unspecified atom stereocenters. The Kier molecular flexibility index (Phi) is 35.0. The van der Waals surface area contributed by atoms with E-state index in [0.29, 0.717) is 11.4 Å². The molecule has 2 aliphatic heterocycles. The fourth-order valence-electron chi connectivity index (χ4n) is 9.62. The van der Waals surface area contributed by atoms with Crippen LogP contribution in [0.1, 0.15) is 231 Å². The maximum atomic E-state index is 10.7. The predicted octanol–water partition coefficient (Wildman–Crippen LogP) is 10.1. The topological polar surface area (TPSA) is 220 Å². The van der Waals surface area contributed by atoms with E-state index in [9.17, 15) is 30.6 Å². The summed E-state index contributed by atoms with van der Waals surface area (Å²) in [6.45, 7) is 6.07. The second-order valence-corrected chi connectivity index (χ2v) is 23.3. The van der Waals surface area contributed by atoms with Crippen molar-refractivity contribution in [2.45, 2.75) is 307 Å². The summed E-state index contributed by atoms with van der Waals surface area (Å²) in [6, 6.07) is 0. The molecule has 0 aliphatic carbocycles. The van der Waals surface area contributed by atoms with Crippen LogP contribution in [-0.4, -0.2) is 134 Å². The molecule has 2 aromatic heterocycles. The number of ether oxygens (including phenoxy) is 4. The van der Waals surface area contributed by atoms with Gasteiger partial charge >= 0.3 is 0 Å². The average Bonchev–Trinajstić information content (AvgIpc) is 4.05. The Labute approximate surface area is 441 Å². The summed E-state index contributed by atoms with van der Waals surface area (Å²) in [5.41, 5.74) is 1.13. The average molecular weight is 1060 g/mol. The fourth-order valence-corrected chi connectivity index (χ4v) is 12.0. The molecule has 0 radical (unpaired) electrons. The van der Waals surface area contributed by atoms with Gasteiger partial charge in [0.1, 0.15) is 48.0 Å². The molecule has 4 heterocycles. The smallest absolute Gasteiger partial charge is 0.187 e. The largest absolute Gasteiger partial charge is 0.388 e. The number of aromatic nitrogens is 6. The number of rotatable bonds is 45. The normalized spacial score (nSPS) is 24.7. The summed E-state index contributed by atoms with van der Waals surface area (Å²) in [5.74, 6) is 0.405. The van der Waals surface area contributed by atoms with Crippen LogP contribution in [0.2, 0.25) is 0 Å². The van der Waals surface area contributed by atoms with Gasteiger partial charge in [-0.05, 0) is 12.8 Å². The lowest BCUT2D eigenvalue weighted by molar-refractivity contribution is -0.295. The molecule has 0 saturated carbocycles. The molecule has 2 saturated heterocycles. The third kappa shape index (κ3) is 26.1. The monoisotopic (exact) mass is 1060 g/mol. The molecule has 0 amide bonds. The Bertz CT molecular complexity index is 1470. The zero-order valence-corrected chi connectivity index (χ0v) is 46.2. The highest BCUT2D eigenvalue weighted by atomic mass is 33.1. The molecule has 4 rings (SSSR count). The van der Waals surface area contributed by atoms with E-state index >= 15 is 0 Å². The highest BCUT2D eigenvalue weighted by molar-refractivity contribution is 8.76. The summed E-state index contributed by atoms with van der Waals surface area (Å²) < 4.78 is 27.1. The second-order valence-electron chi connectivity index (χ2n) is 20.8. The first-order valence-corrected chi connectivity index (χ1v) is 31.4. The fraction of sp³-hybridized carbons (Fsp3) is 0.926. The van der Waals surface area contributed by atoms with Crippen LogP contribution in [0.25, 0.3) is 0 Å². The summed E-state index contributed by atoms with van der Waals surface area (Å²) in [7, 11) is 2.60. The molecule has 18 heteroatoms. The molecule has 2 aromatic rings. The van der Waals surface area contributed by atoms with Crippen LogP contribution in [0.15, 0.2) is 12.4 Å². The zero-order chi connectivity index (χ0) is 51.4. The Morgan fingerprint density at radius 1 is 0.403 bits per heavy atom. The third-order valence-corrected chi connectivity index (χ3v) is 16.7. The highest BCUT2D eigenvalue weighted by Crippen LogP contribution is 2.33. The molecule has 2 aliphatic rings. The standard InChI is InChI=1S/C54H100N6O10S2/c1-3-5-7-9-11-13-15-17-19-21-23-25-27-29-31-33-35-59-37-43(55-57-59)39-67-53-51(65)49(63)47(61)45(69-53)41-71-72-42-46-48(62)50(64)52(66)54(70-46)68-40-44-38-60(58-56-44)36-34-32-30-28-26-24-22-20-18-16-14-12-10-8-6-4-2/h37-38,45-54,61-66H,3-36,39-42H2,1-2H3/t45-,46-,47+,48+,49+,50+,51-,52-,53-,54-/m1/s1. The minimum absolute atomic E-state index is 0.00439. The lowest BCUT2D eigenvalue weighted by Crippen LogP contribution is -2.59. The SMILES string of the molecule is CCCCCCCCCCCCCCCCCCn1cc(CO[C@@H]2O[C@H](CSSC[C@H]3O[C@@H](OCc4cn(CCCCCCCCCCCCCCCCCC)nn4)[C@H](O)[C@@H](O)[C@H]3O)[C@H](O)[C@H](O)[C@H]2O)nn1. The quantitative estimate of drug-likeness (QED) is 0.0268.